The van der Waals surface area contributed by atoms with E-state index in [1.165, 1.54) is 6.42 Å². The van der Waals surface area contributed by atoms with Crippen LogP contribution in [0.1, 0.15) is 64.9 Å². The molecule has 3 amide bonds. The standard InChI is InChI=1S/C28H41N3O5S/c1-28(2,3)36-27(34)31-23(17-20-18-37-24-13-9-8-12-21(20)24)26(33)30-22(25(32)29-14-15-35-4)16-19-10-6-5-7-11-19/h8-9,12-13,18-19,22-23H,5-7,10-11,14-17H2,1-4H3,(H,29,32)(H,30,33)(H,31,34)/t22-,23-/m0/s1. The number of carbonyl (C=O) groups is 3. The zero-order valence-electron chi connectivity index (χ0n) is 22.4. The van der Waals surface area contributed by atoms with Gasteiger partial charge in [-0.2, -0.15) is 0 Å². The fourth-order valence-corrected chi connectivity index (χ4v) is 5.71. The number of hydrogen-bond donors (Lipinski definition) is 3. The summed E-state index contributed by atoms with van der Waals surface area (Å²) in [6.45, 7) is 6.09. The second-order valence-corrected chi connectivity index (χ2v) is 11.7. The summed E-state index contributed by atoms with van der Waals surface area (Å²) < 4.78 is 11.6. The number of alkyl carbamates (subject to hydrolysis) is 1. The Morgan fingerprint density at radius 3 is 2.46 bits per heavy atom. The zero-order chi connectivity index (χ0) is 26.8. The molecular formula is C28H41N3O5S. The molecule has 0 spiro atoms. The lowest BCUT2D eigenvalue weighted by Gasteiger charge is -2.28. The van der Waals surface area contributed by atoms with Crippen molar-refractivity contribution in [2.75, 3.05) is 20.3 Å². The van der Waals surface area contributed by atoms with Crippen molar-refractivity contribution in [2.24, 2.45) is 5.92 Å². The number of methoxy groups -OCH3 is 1. The van der Waals surface area contributed by atoms with Crippen LogP contribution < -0.4 is 16.0 Å². The highest BCUT2D eigenvalue weighted by Crippen LogP contribution is 2.28. The monoisotopic (exact) mass is 531 g/mol. The average Bonchev–Trinajstić information content (AvgIpc) is 3.25. The zero-order valence-corrected chi connectivity index (χ0v) is 23.2. The maximum Gasteiger partial charge on any atom is 0.408 e. The van der Waals surface area contributed by atoms with E-state index in [1.54, 1.807) is 39.2 Å². The molecule has 0 bridgehead atoms. The van der Waals surface area contributed by atoms with Gasteiger partial charge in [0, 0.05) is 24.8 Å². The van der Waals surface area contributed by atoms with Gasteiger partial charge in [-0.1, -0.05) is 50.3 Å². The minimum atomic E-state index is -0.895. The summed E-state index contributed by atoms with van der Waals surface area (Å²) in [6.07, 6.45) is 5.80. The van der Waals surface area contributed by atoms with Crippen molar-refractivity contribution in [2.45, 2.75) is 83.4 Å². The van der Waals surface area contributed by atoms with Crippen molar-refractivity contribution in [3.05, 3.63) is 35.2 Å². The largest absolute Gasteiger partial charge is 0.444 e. The second kappa shape index (κ2) is 13.8. The van der Waals surface area contributed by atoms with Crippen LogP contribution in [0.5, 0.6) is 0 Å². The minimum absolute atomic E-state index is 0.229. The summed E-state index contributed by atoms with van der Waals surface area (Å²) in [5.74, 6) is -0.248. The van der Waals surface area contributed by atoms with Gasteiger partial charge in [0.15, 0.2) is 0 Å². The molecule has 1 aromatic heterocycles. The van der Waals surface area contributed by atoms with Crippen LogP contribution in [0, 0.1) is 5.92 Å². The third kappa shape index (κ3) is 9.31. The van der Waals surface area contributed by atoms with Gasteiger partial charge in [0.05, 0.1) is 6.61 Å². The molecule has 2 atom stereocenters. The molecular weight excluding hydrogens is 490 g/mol. The number of ether oxygens (including phenoxy) is 2. The Bertz CT molecular complexity index is 1040. The number of nitrogens with one attached hydrogen (secondary N) is 3. The van der Waals surface area contributed by atoms with Crippen molar-refractivity contribution >= 4 is 39.3 Å². The van der Waals surface area contributed by atoms with Crippen LogP contribution >= 0.6 is 11.3 Å². The molecule has 1 aliphatic rings. The third-order valence-corrected chi connectivity index (χ3v) is 7.54. The lowest BCUT2D eigenvalue weighted by molar-refractivity contribution is -0.130. The van der Waals surface area contributed by atoms with E-state index in [1.807, 2.05) is 29.6 Å². The minimum Gasteiger partial charge on any atom is -0.444 e. The van der Waals surface area contributed by atoms with Gasteiger partial charge in [0.2, 0.25) is 11.8 Å². The van der Waals surface area contributed by atoms with E-state index in [-0.39, 0.29) is 12.3 Å². The summed E-state index contributed by atoms with van der Waals surface area (Å²) >= 11 is 1.60. The molecule has 2 aromatic rings. The van der Waals surface area contributed by atoms with Gasteiger partial charge < -0.3 is 25.4 Å². The predicted molar refractivity (Wildman–Crippen MR) is 147 cm³/mol. The molecule has 0 unspecified atom stereocenters. The van der Waals surface area contributed by atoms with Crippen LogP contribution in [-0.2, 0) is 25.5 Å². The van der Waals surface area contributed by atoms with Gasteiger partial charge in [-0.05, 0) is 55.5 Å². The van der Waals surface area contributed by atoms with Crippen LogP contribution in [0.25, 0.3) is 10.1 Å². The molecule has 1 heterocycles. The number of hydrogen-bond acceptors (Lipinski definition) is 6. The first-order chi connectivity index (χ1) is 17.7. The summed E-state index contributed by atoms with van der Waals surface area (Å²) in [4.78, 5) is 39.3. The molecule has 8 nitrogen and oxygen atoms in total. The number of carbonyl (C=O) groups excluding carboxylic acids is 3. The van der Waals surface area contributed by atoms with Gasteiger partial charge in [-0.3, -0.25) is 9.59 Å². The van der Waals surface area contributed by atoms with E-state index in [4.69, 9.17) is 9.47 Å². The van der Waals surface area contributed by atoms with E-state index >= 15 is 0 Å². The Hall–Kier alpha value is -2.65. The van der Waals surface area contributed by atoms with Gasteiger partial charge >= 0.3 is 6.09 Å². The van der Waals surface area contributed by atoms with Gasteiger partial charge in [-0.15, -0.1) is 11.3 Å². The topological polar surface area (TPSA) is 106 Å². The van der Waals surface area contributed by atoms with E-state index in [9.17, 15) is 14.4 Å². The van der Waals surface area contributed by atoms with Crippen molar-refractivity contribution in [3.63, 3.8) is 0 Å². The van der Waals surface area contributed by atoms with Crippen LogP contribution in [0.15, 0.2) is 29.6 Å². The molecule has 37 heavy (non-hydrogen) atoms. The van der Waals surface area contributed by atoms with Crippen LogP contribution in [0.4, 0.5) is 4.79 Å². The number of amides is 3. The fourth-order valence-electron chi connectivity index (χ4n) is 4.73. The Balaban J connectivity index is 1.78. The second-order valence-electron chi connectivity index (χ2n) is 10.7. The Labute approximate surface area is 223 Å². The van der Waals surface area contributed by atoms with Crippen molar-refractivity contribution < 1.29 is 23.9 Å². The first-order valence-corrected chi connectivity index (χ1v) is 14.1. The SMILES string of the molecule is COCCNC(=O)[C@H](CC1CCCCC1)NC(=O)[C@H](Cc1csc2ccccc12)NC(=O)OC(C)(C)C. The quantitative estimate of drug-likeness (QED) is 0.369. The van der Waals surface area contributed by atoms with E-state index < -0.39 is 29.7 Å². The Kier molecular flexibility index (Phi) is 10.8. The smallest absolute Gasteiger partial charge is 0.408 e. The van der Waals surface area contributed by atoms with Crippen LogP contribution in [0.3, 0.4) is 0 Å². The first kappa shape index (κ1) is 28.9. The molecule has 0 radical (unpaired) electrons. The van der Waals surface area contributed by atoms with Crippen molar-refractivity contribution in [3.8, 4) is 0 Å². The van der Waals surface area contributed by atoms with E-state index in [0.29, 0.717) is 25.5 Å². The molecule has 9 heteroatoms. The first-order valence-electron chi connectivity index (χ1n) is 13.2. The number of fused-ring (bicyclic) bond motifs is 1. The maximum atomic E-state index is 13.6. The summed E-state index contributed by atoms with van der Waals surface area (Å²) in [5, 5.41) is 11.6. The molecule has 1 saturated carbocycles. The van der Waals surface area contributed by atoms with E-state index in [2.05, 4.69) is 16.0 Å². The molecule has 3 N–H and O–H groups in total. The third-order valence-electron chi connectivity index (χ3n) is 6.52. The fraction of sp³-hybridized carbons (Fsp3) is 0.607. The summed E-state index contributed by atoms with van der Waals surface area (Å²) in [6, 6.07) is 6.40. The Morgan fingerprint density at radius 2 is 1.76 bits per heavy atom. The lowest BCUT2D eigenvalue weighted by Crippen LogP contribution is -2.55. The van der Waals surface area contributed by atoms with E-state index in [0.717, 1.165) is 41.3 Å². The number of thiophene rings is 1. The molecule has 1 aliphatic carbocycles. The summed E-state index contributed by atoms with van der Waals surface area (Å²) in [7, 11) is 1.58. The maximum absolute atomic E-state index is 13.6. The predicted octanol–water partition coefficient (Wildman–Crippen LogP) is 4.55. The van der Waals surface area contributed by atoms with Crippen molar-refractivity contribution in [1.29, 1.82) is 0 Å². The summed E-state index contributed by atoms with van der Waals surface area (Å²) in [5.41, 5.74) is 0.260. The molecule has 1 aromatic carbocycles. The molecule has 204 valence electrons. The number of rotatable bonds is 11. The van der Waals surface area contributed by atoms with Crippen LogP contribution in [0.2, 0.25) is 0 Å². The van der Waals surface area contributed by atoms with Gasteiger partial charge in [0.1, 0.15) is 17.7 Å². The molecule has 0 saturated heterocycles. The number of benzene rings is 1. The normalized spacial score (nSPS) is 16.1. The average molecular weight is 532 g/mol. The molecule has 1 fully saturated rings. The lowest BCUT2D eigenvalue weighted by atomic mass is 9.84. The molecule has 0 aliphatic heterocycles. The van der Waals surface area contributed by atoms with Gasteiger partial charge in [-0.25, -0.2) is 4.79 Å². The van der Waals surface area contributed by atoms with Crippen molar-refractivity contribution in [1.82, 2.24) is 16.0 Å². The highest BCUT2D eigenvalue weighted by atomic mass is 32.1. The van der Waals surface area contributed by atoms with Crippen LogP contribution in [-0.4, -0.2) is 55.9 Å². The molecule has 3 rings (SSSR count). The van der Waals surface area contributed by atoms with Gasteiger partial charge in [0.25, 0.3) is 0 Å². The highest BCUT2D eigenvalue weighted by Gasteiger charge is 2.31. The Morgan fingerprint density at radius 1 is 1.03 bits per heavy atom. The highest BCUT2D eigenvalue weighted by molar-refractivity contribution is 7.17.